The molecule has 0 saturated carbocycles. The number of likely N-dealkylation sites (tertiary alicyclic amines) is 1. The molecular weight excluding hydrogens is 526 g/mol. The molecule has 0 atom stereocenters. The third kappa shape index (κ3) is 6.01. The highest BCUT2D eigenvalue weighted by atomic mass is 32.2. The van der Waals surface area contributed by atoms with Crippen LogP contribution in [-0.4, -0.2) is 65.3 Å². The van der Waals surface area contributed by atoms with Gasteiger partial charge in [-0.1, -0.05) is 18.2 Å². The minimum atomic E-state index is -3.77. The van der Waals surface area contributed by atoms with Crippen molar-refractivity contribution in [2.75, 3.05) is 25.4 Å². The molecule has 39 heavy (non-hydrogen) atoms. The molecule has 0 bridgehead atoms. The van der Waals surface area contributed by atoms with Gasteiger partial charge in [0, 0.05) is 26.2 Å². The summed E-state index contributed by atoms with van der Waals surface area (Å²) >= 11 is 0. The zero-order valence-electron chi connectivity index (χ0n) is 20.9. The number of nitrogens with zero attached hydrogens (tertiary/aromatic N) is 4. The second-order valence-electron chi connectivity index (χ2n) is 9.34. The van der Waals surface area contributed by atoms with Gasteiger partial charge in [-0.05, 0) is 55.5 Å². The van der Waals surface area contributed by atoms with Gasteiger partial charge >= 0.3 is 11.8 Å². The van der Waals surface area contributed by atoms with Gasteiger partial charge in [0.15, 0.2) is 15.5 Å². The number of carbonyl (C=O) groups is 2. The molecule has 12 nitrogen and oxygen atoms in total. The summed E-state index contributed by atoms with van der Waals surface area (Å²) < 4.78 is 27.4. The van der Waals surface area contributed by atoms with E-state index in [0.29, 0.717) is 38.9 Å². The monoisotopic (exact) mass is 553 g/mol. The van der Waals surface area contributed by atoms with E-state index in [1.807, 2.05) is 6.07 Å². The molecule has 1 aliphatic rings. The number of aryl methyl sites for hydroxylation is 1. The standard InChI is InChI=1S/C26H27N5O7S/c27-17-19-6-7-21-22(16-19)30(14-15-39(37,38)20-4-2-1-3-5-20)24(23(21)31(35)36)25(32)29-12-9-18(10-13-29)8-11-28-26(33)34/h1-7,16,18,28H,8-15H2,(H,33,34). The molecule has 0 radical (unpaired) electrons. The van der Waals surface area contributed by atoms with Gasteiger partial charge in [-0.2, -0.15) is 5.26 Å². The molecule has 4 rings (SSSR count). The summed E-state index contributed by atoms with van der Waals surface area (Å²) in [5, 5.41) is 32.9. The summed E-state index contributed by atoms with van der Waals surface area (Å²) in [5.74, 6) is -0.806. The van der Waals surface area contributed by atoms with Crippen LogP contribution in [0.15, 0.2) is 53.4 Å². The van der Waals surface area contributed by atoms with Crippen LogP contribution in [0.1, 0.15) is 35.3 Å². The fourth-order valence-electron chi connectivity index (χ4n) is 4.95. The summed E-state index contributed by atoms with van der Waals surface area (Å²) in [6.07, 6.45) is 0.712. The summed E-state index contributed by atoms with van der Waals surface area (Å²) in [6.45, 7) is 0.710. The first-order chi connectivity index (χ1) is 18.6. The molecule has 2 heterocycles. The maximum Gasteiger partial charge on any atom is 0.404 e. The molecule has 0 aliphatic carbocycles. The average Bonchev–Trinajstić information content (AvgIpc) is 3.26. The minimum Gasteiger partial charge on any atom is -0.465 e. The van der Waals surface area contributed by atoms with Gasteiger partial charge in [-0.15, -0.1) is 0 Å². The lowest BCUT2D eigenvalue weighted by Gasteiger charge is -2.32. The number of rotatable bonds is 9. The van der Waals surface area contributed by atoms with Crippen LogP contribution >= 0.6 is 0 Å². The Bertz CT molecular complexity index is 1550. The molecule has 2 amide bonds. The molecule has 3 aromatic rings. The first-order valence-corrected chi connectivity index (χ1v) is 14.0. The van der Waals surface area contributed by atoms with E-state index in [0.717, 1.165) is 0 Å². The average molecular weight is 554 g/mol. The van der Waals surface area contributed by atoms with E-state index in [4.69, 9.17) is 5.11 Å². The Hall–Kier alpha value is -4.44. The Morgan fingerprint density at radius 2 is 1.85 bits per heavy atom. The van der Waals surface area contributed by atoms with Crippen LogP contribution in [0, 0.1) is 27.4 Å². The van der Waals surface area contributed by atoms with Crippen molar-refractivity contribution in [1.82, 2.24) is 14.8 Å². The Morgan fingerprint density at radius 1 is 1.15 bits per heavy atom. The van der Waals surface area contributed by atoms with Crippen molar-refractivity contribution < 1.29 is 28.0 Å². The van der Waals surface area contributed by atoms with E-state index in [9.17, 15) is 33.4 Å². The number of sulfone groups is 1. The maximum absolute atomic E-state index is 13.8. The predicted octanol–water partition coefficient (Wildman–Crippen LogP) is 3.40. The SMILES string of the molecule is N#Cc1ccc2c([N+](=O)[O-])c(C(=O)N3CCC(CCNC(=O)O)CC3)n(CCS(=O)(=O)c3ccccc3)c2c1. The topological polar surface area (TPSA) is 176 Å². The number of aromatic nitrogens is 1. The summed E-state index contributed by atoms with van der Waals surface area (Å²) in [6, 6.07) is 14.0. The van der Waals surface area contributed by atoms with Gasteiger partial charge in [-0.25, -0.2) is 13.2 Å². The summed E-state index contributed by atoms with van der Waals surface area (Å²) in [5.41, 5.74) is -0.192. The third-order valence-electron chi connectivity index (χ3n) is 6.97. The highest BCUT2D eigenvalue weighted by Gasteiger charge is 2.35. The largest absolute Gasteiger partial charge is 0.465 e. The van der Waals surface area contributed by atoms with Gasteiger partial charge in [-0.3, -0.25) is 14.9 Å². The number of piperidine rings is 1. The number of benzene rings is 2. The first-order valence-electron chi connectivity index (χ1n) is 12.4. The number of fused-ring (bicyclic) bond motifs is 1. The molecule has 1 fully saturated rings. The Kier molecular flexibility index (Phi) is 8.15. The lowest BCUT2D eigenvalue weighted by molar-refractivity contribution is -0.383. The van der Waals surface area contributed by atoms with E-state index >= 15 is 0 Å². The van der Waals surface area contributed by atoms with Crippen molar-refractivity contribution in [2.24, 2.45) is 5.92 Å². The van der Waals surface area contributed by atoms with E-state index in [-0.39, 0.29) is 39.5 Å². The van der Waals surface area contributed by atoms with Crippen molar-refractivity contribution in [1.29, 1.82) is 5.26 Å². The lowest BCUT2D eigenvalue weighted by atomic mass is 9.93. The maximum atomic E-state index is 13.8. The lowest BCUT2D eigenvalue weighted by Crippen LogP contribution is -2.40. The van der Waals surface area contributed by atoms with Crippen molar-refractivity contribution in [3.05, 3.63) is 69.9 Å². The molecular formula is C26H27N5O7S. The van der Waals surface area contributed by atoms with Crippen molar-refractivity contribution in [3.63, 3.8) is 0 Å². The van der Waals surface area contributed by atoms with E-state index < -0.39 is 38.2 Å². The molecule has 13 heteroatoms. The number of hydrogen-bond donors (Lipinski definition) is 2. The van der Waals surface area contributed by atoms with Crippen molar-refractivity contribution >= 4 is 38.4 Å². The number of nitriles is 1. The quantitative estimate of drug-likeness (QED) is 0.299. The van der Waals surface area contributed by atoms with Gasteiger partial charge in [0.1, 0.15) is 0 Å². The second kappa shape index (κ2) is 11.5. The molecule has 1 saturated heterocycles. The fourth-order valence-corrected chi connectivity index (χ4v) is 6.18. The fraction of sp³-hybridized carbons (Fsp3) is 0.346. The van der Waals surface area contributed by atoms with Crippen molar-refractivity contribution in [2.45, 2.75) is 30.7 Å². The number of nitrogens with one attached hydrogen (secondary N) is 1. The van der Waals surface area contributed by atoms with E-state index in [1.54, 1.807) is 18.2 Å². The van der Waals surface area contributed by atoms with Crippen LogP contribution in [0.25, 0.3) is 10.9 Å². The highest BCUT2D eigenvalue weighted by Crippen LogP contribution is 2.35. The van der Waals surface area contributed by atoms with Crippen LogP contribution < -0.4 is 5.32 Å². The molecule has 2 N–H and O–H groups in total. The molecule has 204 valence electrons. The third-order valence-corrected chi connectivity index (χ3v) is 8.68. The zero-order chi connectivity index (χ0) is 28.2. The molecule has 2 aromatic carbocycles. The van der Waals surface area contributed by atoms with Gasteiger partial charge in [0.05, 0.1) is 38.1 Å². The number of nitro groups is 1. The Balaban J connectivity index is 1.68. The number of amides is 2. The number of carbonyl (C=O) groups excluding carboxylic acids is 1. The normalized spacial score (nSPS) is 14.2. The highest BCUT2D eigenvalue weighted by molar-refractivity contribution is 7.91. The van der Waals surface area contributed by atoms with Crippen LogP contribution in [0.3, 0.4) is 0 Å². The molecule has 1 aliphatic heterocycles. The summed E-state index contributed by atoms with van der Waals surface area (Å²) in [7, 11) is -3.77. The van der Waals surface area contributed by atoms with E-state index in [2.05, 4.69) is 5.32 Å². The van der Waals surface area contributed by atoms with Crippen LogP contribution in [0.4, 0.5) is 10.5 Å². The van der Waals surface area contributed by atoms with E-state index in [1.165, 1.54) is 39.8 Å². The Morgan fingerprint density at radius 3 is 2.46 bits per heavy atom. The summed E-state index contributed by atoms with van der Waals surface area (Å²) in [4.78, 5) is 37.6. The number of carboxylic acid groups (broad SMARTS) is 1. The van der Waals surface area contributed by atoms with Gasteiger partial charge in [0.25, 0.3) is 5.91 Å². The first kappa shape index (κ1) is 27.6. The van der Waals surface area contributed by atoms with Crippen LogP contribution in [-0.2, 0) is 16.4 Å². The minimum absolute atomic E-state index is 0.0982. The molecule has 0 unspecified atom stereocenters. The Labute approximate surface area is 224 Å². The van der Waals surface area contributed by atoms with Gasteiger partial charge < -0.3 is 19.9 Å². The second-order valence-corrected chi connectivity index (χ2v) is 11.4. The smallest absolute Gasteiger partial charge is 0.404 e. The van der Waals surface area contributed by atoms with Crippen LogP contribution in [0.2, 0.25) is 0 Å². The van der Waals surface area contributed by atoms with Crippen molar-refractivity contribution in [3.8, 4) is 6.07 Å². The predicted molar refractivity (Wildman–Crippen MR) is 141 cm³/mol. The van der Waals surface area contributed by atoms with Gasteiger partial charge in [0.2, 0.25) is 0 Å². The van der Waals surface area contributed by atoms with Crippen LogP contribution in [0.5, 0.6) is 0 Å². The number of hydrogen-bond acceptors (Lipinski definition) is 7. The molecule has 1 aromatic heterocycles. The zero-order valence-corrected chi connectivity index (χ0v) is 21.8. The molecule has 0 spiro atoms.